The van der Waals surface area contributed by atoms with Gasteiger partial charge >= 0.3 is 0 Å². The van der Waals surface area contributed by atoms with Crippen LogP contribution in [-0.2, 0) is 11.3 Å². The van der Waals surface area contributed by atoms with Crippen molar-refractivity contribution in [2.75, 3.05) is 5.32 Å². The Kier molecular flexibility index (Phi) is 4.70. The normalized spacial score (nSPS) is 10.5. The number of hydrogen-bond donors (Lipinski definition) is 1. The van der Waals surface area contributed by atoms with E-state index in [-0.39, 0.29) is 30.2 Å². The monoisotopic (exact) mass is 303 g/mol. The molecule has 0 saturated carbocycles. The maximum absolute atomic E-state index is 13.4. The number of nitrogens with one attached hydrogen (secondary N) is 1. The zero-order valence-corrected chi connectivity index (χ0v) is 12.8. The number of benzene rings is 1. The quantitative estimate of drug-likeness (QED) is 0.943. The van der Waals surface area contributed by atoms with Gasteiger partial charge in [0.05, 0.1) is 6.33 Å². The van der Waals surface area contributed by atoms with E-state index in [4.69, 9.17) is 0 Å². The summed E-state index contributed by atoms with van der Waals surface area (Å²) in [5.74, 6) is -0.652. The van der Waals surface area contributed by atoms with Gasteiger partial charge in [0, 0.05) is 29.9 Å². The lowest BCUT2D eigenvalue weighted by molar-refractivity contribution is -0.116. The summed E-state index contributed by atoms with van der Waals surface area (Å²) in [7, 11) is 0. The first-order chi connectivity index (χ1) is 10.4. The molecule has 0 aliphatic heterocycles. The third-order valence-corrected chi connectivity index (χ3v) is 3.55. The van der Waals surface area contributed by atoms with Gasteiger partial charge in [0.15, 0.2) is 0 Å². The standard InChI is InChI=1S/C16H18FN3O2/c1-10-4-5-13(8-14(10)17)19-15(21)6-7-20-9-18-12(3)11(2)16(20)22/h4-5,8-9H,6-7H2,1-3H3,(H,19,21). The van der Waals surface area contributed by atoms with E-state index in [0.717, 1.165) is 0 Å². The number of amides is 1. The van der Waals surface area contributed by atoms with Crippen LogP contribution in [-0.4, -0.2) is 15.5 Å². The van der Waals surface area contributed by atoms with Gasteiger partial charge in [-0.15, -0.1) is 0 Å². The lowest BCUT2D eigenvalue weighted by Crippen LogP contribution is -2.26. The van der Waals surface area contributed by atoms with Crippen molar-refractivity contribution < 1.29 is 9.18 Å². The predicted octanol–water partition coefficient (Wildman–Crippen LogP) is 2.34. The van der Waals surface area contributed by atoms with Crippen molar-refractivity contribution in [1.82, 2.24) is 9.55 Å². The third-order valence-electron chi connectivity index (χ3n) is 3.55. The molecule has 1 aromatic carbocycles. The minimum atomic E-state index is -0.368. The van der Waals surface area contributed by atoms with Crippen LogP contribution < -0.4 is 10.9 Å². The molecule has 1 amide bonds. The van der Waals surface area contributed by atoms with Gasteiger partial charge in [-0.2, -0.15) is 0 Å². The molecule has 6 heteroatoms. The number of rotatable bonds is 4. The van der Waals surface area contributed by atoms with Crippen molar-refractivity contribution in [1.29, 1.82) is 0 Å². The van der Waals surface area contributed by atoms with E-state index in [9.17, 15) is 14.0 Å². The van der Waals surface area contributed by atoms with Crippen LogP contribution in [0.25, 0.3) is 0 Å². The number of hydrogen-bond acceptors (Lipinski definition) is 3. The average molecular weight is 303 g/mol. The van der Waals surface area contributed by atoms with Gasteiger partial charge in [-0.25, -0.2) is 9.37 Å². The molecule has 5 nitrogen and oxygen atoms in total. The highest BCUT2D eigenvalue weighted by atomic mass is 19.1. The first-order valence-corrected chi connectivity index (χ1v) is 6.97. The van der Waals surface area contributed by atoms with Crippen molar-refractivity contribution >= 4 is 11.6 Å². The lowest BCUT2D eigenvalue weighted by atomic mass is 10.2. The van der Waals surface area contributed by atoms with Crippen LogP contribution in [0, 0.1) is 26.6 Å². The predicted molar refractivity (Wildman–Crippen MR) is 82.4 cm³/mol. The van der Waals surface area contributed by atoms with Gasteiger partial charge in [0.1, 0.15) is 5.82 Å². The number of aryl methyl sites for hydroxylation is 3. The second kappa shape index (κ2) is 6.51. The summed E-state index contributed by atoms with van der Waals surface area (Å²) >= 11 is 0. The molecule has 116 valence electrons. The second-order valence-corrected chi connectivity index (χ2v) is 5.22. The Morgan fingerprint density at radius 3 is 2.73 bits per heavy atom. The number of anilines is 1. The topological polar surface area (TPSA) is 64.0 Å². The Balaban J connectivity index is 2.00. The Hall–Kier alpha value is -2.50. The first kappa shape index (κ1) is 15.9. The van der Waals surface area contributed by atoms with Crippen LogP contribution in [0.2, 0.25) is 0 Å². The lowest BCUT2D eigenvalue weighted by Gasteiger charge is -2.09. The van der Waals surface area contributed by atoms with E-state index in [1.165, 1.54) is 17.0 Å². The summed E-state index contributed by atoms with van der Waals surface area (Å²) in [6.45, 7) is 5.35. The van der Waals surface area contributed by atoms with E-state index in [0.29, 0.717) is 22.5 Å². The molecule has 0 spiro atoms. The Bertz CT molecular complexity index is 768. The second-order valence-electron chi connectivity index (χ2n) is 5.22. The van der Waals surface area contributed by atoms with Crippen molar-refractivity contribution in [3.63, 3.8) is 0 Å². The van der Waals surface area contributed by atoms with Crippen molar-refractivity contribution in [2.24, 2.45) is 0 Å². The summed E-state index contributed by atoms with van der Waals surface area (Å²) < 4.78 is 14.8. The van der Waals surface area contributed by atoms with Crippen LogP contribution in [0.15, 0.2) is 29.3 Å². The van der Waals surface area contributed by atoms with Gasteiger partial charge in [0.2, 0.25) is 5.91 Å². The highest BCUT2D eigenvalue weighted by Crippen LogP contribution is 2.13. The summed E-state index contributed by atoms with van der Waals surface area (Å²) in [6, 6.07) is 4.51. The van der Waals surface area contributed by atoms with Crippen molar-refractivity contribution in [3.8, 4) is 0 Å². The molecule has 22 heavy (non-hydrogen) atoms. The van der Waals surface area contributed by atoms with Crippen LogP contribution >= 0.6 is 0 Å². The smallest absolute Gasteiger partial charge is 0.256 e. The molecule has 1 heterocycles. The van der Waals surface area contributed by atoms with Crippen molar-refractivity contribution in [3.05, 3.63) is 57.5 Å². The van der Waals surface area contributed by atoms with Crippen LogP contribution in [0.4, 0.5) is 10.1 Å². The summed E-state index contributed by atoms with van der Waals surface area (Å²) in [6.07, 6.45) is 1.54. The first-order valence-electron chi connectivity index (χ1n) is 6.97. The Morgan fingerprint density at radius 1 is 1.32 bits per heavy atom. The minimum Gasteiger partial charge on any atom is -0.326 e. The van der Waals surface area contributed by atoms with Crippen LogP contribution in [0.3, 0.4) is 0 Å². The number of aromatic nitrogens is 2. The maximum atomic E-state index is 13.4. The zero-order chi connectivity index (χ0) is 16.3. The van der Waals surface area contributed by atoms with Crippen molar-refractivity contribution in [2.45, 2.75) is 33.7 Å². The number of halogens is 1. The molecule has 0 atom stereocenters. The van der Waals surface area contributed by atoms with E-state index in [2.05, 4.69) is 10.3 Å². The maximum Gasteiger partial charge on any atom is 0.256 e. The fourth-order valence-electron chi connectivity index (χ4n) is 1.95. The number of nitrogens with zero attached hydrogens (tertiary/aromatic N) is 2. The fraction of sp³-hybridized carbons (Fsp3) is 0.312. The van der Waals surface area contributed by atoms with E-state index in [1.54, 1.807) is 32.9 Å². The molecular weight excluding hydrogens is 285 g/mol. The highest BCUT2D eigenvalue weighted by molar-refractivity contribution is 5.90. The zero-order valence-electron chi connectivity index (χ0n) is 12.8. The van der Waals surface area contributed by atoms with Gasteiger partial charge in [-0.3, -0.25) is 14.2 Å². The van der Waals surface area contributed by atoms with Crippen LogP contribution in [0.5, 0.6) is 0 Å². The number of carbonyl (C=O) groups excluding carboxylic acids is 1. The Morgan fingerprint density at radius 2 is 2.05 bits per heavy atom. The molecule has 1 aromatic heterocycles. The number of carbonyl (C=O) groups is 1. The SMILES string of the molecule is Cc1ccc(NC(=O)CCn2cnc(C)c(C)c2=O)cc1F. The van der Waals surface area contributed by atoms with Gasteiger partial charge in [-0.1, -0.05) is 6.07 Å². The molecule has 2 aromatic rings. The fourth-order valence-corrected chi connectivity index (χ4v) is 1.95. The summed E-state index contributed by atoms with van der Waals surface area (Å²) in [5.41, 5.74) is 2.02. The molecule has 1 N–H and O–H groups in total. The van der Waals surface area contributed by atoms with Gasteiger partial charge in [0.25, 0.3) is 5.56 Å². The third kappa shape index (κ3) is 3.58. The van der Waals surface area contributed by atoms with E-state index in [1.807, 2.05) is 0 Å². The minimum absolute atomic E-state index is 0.111. The molecule has 2 rings (SSSR count). The molecule has 0 fully saturated rings. The Labute approximate surface area is 127 Å². The largest absolute Gasteiger partial charge is 0.326 e. The van der Waals surface area contributed by atoms with Gasteiger partial charge < -0.3 is 5.32 Å². The summed E-state index contributed by atoms with van der Waals surface area (Å²) in [5, 5.41) is 2.61. The molecule has 0 radical (unpaired) electrons. The van der Waals surface area contributed by atoms with Gasteiger partial charge in [-0.05, 0) is 38.5 Å². The van der Waals surface area contributed by atoms with E-state index < -0.39 is 0 Å². The average Bonchev–Trinajstić information content (AvgIpc) is 2.48. The molecule has 0 aliphatic carbocycles. The molecule has 0 aliphatic rings. The molecule has 0 saturated heterocycles. The molecule has 0 unspecified atom stereocenters. The van der Waals surface area contributed by atoms with E-state index >= 15 is 0 Å². The summed E-state index contributed by atoms with van der Waals surface area (Å²) in [4.78, 5) is 28.0. The highest BCUT2D eigenvalue weighted by Gasteiger charge is 2.08. The molecule has 0 bridgehead atoms. The molecular formula is C16H18FN3O2. The van der Waals surface area contributed by atoms with Crippen LogP contribution in [0.1, 0.15) is 23.2 Å².